The van der Waals surface area contributed by atoms with Crippen molar-refractivity contribution in [3.63, 3.8) is 0 Å². The molecule has 81 heavy (non-hydrogen) atoms. The minimum atomic E-state index is -0.849. The second-order valence-electron chi connectivity index (χ2n) is 24.9. The summed E-state index contributed by atoms with van der Waals surface area (Å²) in [6.45, 7) is 4.91. The van der Waals surface area contributed by atoms with Crippen LogP contribution in [0.3, 0.4) is 0 Å². The molecule has 0 aliphatic carbocycles. The lowest BCUT2D eigenvalue weighted by Crippen LogP contribution is -2.45. The molecule has 0 aliphatic heterocycles. The van der Waals surface area contributed by atoms with Crippen molar-refractivity contribution in [3.8, 4) is 0 Å². The third kappa shape index (κ3) is 66.8. The predicted molar refractivity (Wildman–Crippen MR) is 356 cm³/mol. The zero-order valence-corrected chi connectivity index (χ0v) is 54.5. The van der Waals surface area contributed by atoms with Crippen LogP contribution < -0.4 is 5.32 Å². The molecular weight excluding hydrogens is 995 g/mol. The van der Waals surface area contributed by atoms with E-state index in [1.165, 1.54) is 315 Å². The highest BCUT2D eigenvalue weighted by molar-refractivity contribution is 5.76. The van der Waals surface area contributed by atoms with Crippen molar-refractivity contribution >= 4 is 11.9 Å². The average Bonchev–Trinajstić information content (AvgIpc) is 3.47. The van der Waals surface area contributed by atoms with Gasteiger partial charge in [-0.3, -0.25) is 9.59 Å². The van der Waals surface area contributed by atoms with Crippen LogP contribution in [-0.4, -0.2) is 47.4 Å². The molecular formula is C75H141NO5. The molecule has 0 aromatic carbocycles. The highest BCUT2D eigenvalue weighted by atomic mass is 16.5. The second-order valence-corrected chi connectivity index (χ2v) is 24.9. The van der Waals surface area contributed by atoms with Crippen molar-refractivity contribution in [3.05, 3.63) is 48.6 Å². The number of carbonyl (C=O) groups excluding carboxylic acids is 2. The third-order valence-corrected chi connectivity index (χ3v) is 16.8. The van der Waals surface area contributed by atoms with E-state index in [2.05, 4.69) is 55.6 Å². The number of hydrogen-bond donors (Lipinski definition) is 3. The highest BCUT2D eigenvalue weighted by Crippen LogP contribution is 2.18. The van der Waals surface area contributed by atoms with E-state index in [1.807, 2.05) is 6.08 Å². The Morgan fingerprint density at radius 2 is 0.617 bits per heavy atom. The maximum Gasteiger partial charge on any atom is 0.305 e. The van der Waals surface area contributed by atoms with Crippen molar-refractivity contribution in [1.29, 1.82) is 0 Å². The molecule has 0 aliphatic rings. The topological polar surface area (TPSA) is 95.9 Å². The fourth-order valence-corrected chi connectivity index (χ4v) is 11.3. The van der Waals surface area contributed by atoms with E-state index in [9.17, 15) is 19.8 Å². The fourth-order valence-electron chi connectivity index (χ4n) is 11.3. The summed E-state index contributed by atoms with van der Waals surface area (Å²) in [5.41, 5.74) is 0. The summed E-state index contributed by atoms with van der Waals surface area (Å²) in [7, 11) is 0. The number of allylic oxidation sites excluding steroid dienone is 7. The summed E-state index contributed by atoms with van der Waals surface area (Å²) < 4.78 is 5.51. The molecule has 0 radical (unpaired) electrons. The van der Waals surface area contributed by atoms with Crippen LogP contribution >= 0.6 is 0 Å². The number of esters is 1. The molecule has 2 atom stereocenters. The van der Waals surface area contributed by atoms with Gasteiger partial charge in [-0.05, 0) is 89.9 Å². The first kappa shape index (κ1) is 78.8. The van der Waals surface area contributed by atoms with Gasteiger partial charge in [-0.15, -0.1) is 0 Å². The monoisotopic (exact) mass is 1140 g/mol. The summed E-state index contributed by atoms with van der Waals surface area (Å²) in [5.74, 6) is -0.0607. The number of nitrogens with one attached hydrogen (secondary N) is 1. The number of aliphatic hydroxyl groups is 2. The van der Waals surface area contributed by atoms with Crippen LogP contribution in [0.1, 0.15) is 393 Å². The van der Waals surface area contributed by atoms with Crippen LogP contribution in [0.15, 0.2) is 48.6 Å². The number of aliphatic hydroxyl groups excluding tert-OH is 2. The zero-order chi connectivity index (χ0) is 58.5. The van der Waals surface area contributed by atoms with Gasteiger partial charge >= 0.3 is 5.97 Å². The Balaban J connectivity index is 3.42. The Morgan fingerprint density at radius 3 is 0.975 bits per heavy atom. The summed E-state index contributed by atoms with van der Waals surface area (Å²) in [5, 5.41) is 23.3. The number of hydrogen-bond acceptors (Lipinski definition) is 5. The molecule has 6 heteroatoms. The van der Waals surface area contributed by atoms with Gasteiger partial charge in [0.15, 0.2) is 0 Å². The number of ether oxygens (including phenoxy) is 1. The van der Waals surface area contributed by atoms with E-state index in [-0.39, 0.29) is 18.5 Å². The molecule has 0 saturated carbocycles. The minimum absolute atomic E-state index is 0.00865. The fraction of sp³-hybridized carbons (Fsp3) is 0.867. The zero-order valence-electron chi connectivity index (χ0n) is 54.5. The normalized spacial score (nSPS) is 12.8. The molecule has 0 rings (SSSR count). The standard InChI is InChI=1S/C75H141NO5/c1-3-5-7-9-11-13-15-17-19-21-23-28-32-35-39-43-47-51-55-59-63-67-73(78)72(71-77)76-74(79)68-64-60-56-52-48-44-40-36-33-29-26-24-25-27-30-34-38-42-46-50-54-58-62-66-70-81-75(80)69-65-61-57-53-49-45-41-37-31-22-20-18-16-14-12-10-8-6-4-2/h12,14,18,20,26,29,63,67,72-73,77-78H,3-11,13,15-17,19,21-25,27-28,30-62,64-66,68-71H2,1-2H3,(H,76,79)/b14-12-,20-18-,29-26-,67-63+. The van der Waals surface area contributed by atoms with Crippen LogP contribution in [0.2, 0.25) is 0 Å². The van der Waals surface area contributed by atoms with Crippen molar-refractivity contribution < 1.29 is 24.5 Å². The lowest BCUT2D eigenvalue weighted by molar-refractivity contribution is -0.143. The highest BCUT2D eigenvalue weighted by Gasteiger charge is 2.18. The van der Waals surface area contributed by atoms with Gasteiger partial charge in [0.2, 0.25) is 5.91 Å². The van der Waals surface area contributed by atoms with Crippen molar-refractivity contribution in [2.45, 2.75) is 405 Å². The van der Waals surface area contributed by atoms with Gasteiger partial charge in [-0.2, -0.15) is 0 Å². The maximum absolute atomic E-state index is 12.5. The van der Waals surface area contributed by atoms with E-state index >= 15 is 0 Å². The molecule has 0 aromatic rings. The van der Waals surface area contributed by atoms with Crippen LogP contribution in [0, 0.1) is 0 Å². The lowest BCUT2D eigenvalue weighted by atomic mass is 10.0. The van der Waals surface area contributed by atoms with Gasteiger partial charge in [0, 0.05) is 12.8 Å². The summed E-state index contributed by atoms with van der Waals surface area (Å²) in [4.78, 5) is 24.6. The van der Waals surface area contributed by atoms with Crippen molar-refractivity contribution in [1.82, 2.24) is 5.32 Å². The number of carbonyl (C=O) groups is 2. The van der Waals surface area contributed by atoms with E-state index in [0.29, 0.717) is 19.4 Å². The SMILES string of the molecule is CCCCC/C=C\C/C=C\CCCCCCCCCCCC(=O)OCCCCCCCCCCCCCC/C=C\CCCCCCCCCCC(=O)NC(CO)C(O)/C=C/CCCCCCCCCCCCCCCCCCCCC. The third-order valence-electron chi connectivity index (χ3n) is 16.8. The van der Waals surface area contributed by atoms with Gasteiger partial charge in [0.25, 0.3) is 0 Å². The lowest BCUT2D eigenvalue weighted by Gasteiger charge is -2.20. The average molecular weight is 1140 g/mol. The van der Waals surface area contributed by atoms with Crippen LogP contribution in [0.25, 0.3) is 0 Å². The first-order valence-corrected chi connectivity index (χ1v) is 36.4. The molecule has 0 saturated heterocycles. The molecule has 0 spiro atoms. The Kier molecular flexibility index (Phi) is 68.4. The van der Waals surface area contributed by atoms with E-state index in [1.54, 1.807) is 6.08 Å². The van der Waals surface area contributed by atoms with Crippen molar-refractivity contribution in [2.24, 2.45) is 0 Å². The van der Waals surface area contributed by atoms with E-state index in [0.717, 1.165) is 51.4 Å². The van der Waals surface area contributed by atoms with Crippen LogP contribution in [-0.2, 0) is 14.3 Å². The van der Waals surface area contributed by atoms with Gasteiger partial charge in [0.05, 0.1) is 25.4 Å². The summed E-state index contributed by atoms with van der Waals surface area (Å²) in [6.07, 6.45) is 91.9. The summed E-state index contributed by atoms with van der Waals surface area (Å²) in [6, 6.07) is -0.633. The molecule has 0 bridgehead atoms. The molecule has 0 fully saturated rings. The molecule has 476 valence electrons. The van der Waals surface area contributed by atoms with Gasteiger partial charge < -0.3 is 20.3 Å². The summed E-state index contributed by atoms with van der Waals surface area (Å²) >= 11 is 0. The van der Waals surface area contributed by atoms with Crippen LogP contribution in [0.4, 0.5) is 0 Å². The Morgan fingerprint density at radius 1 is 0.346 bits per heavy atom. The van der Waals surface area contributed by atoms with Gasteiger partial charge in [-0.1, -0.05) is 339 Å². The smallest absolute Gasteiger partial charge is 0.305 e. The Bertz CT molecular complexity index is 1360. The van der Waals surface area contributed by atoms with Gasteiger partial charge in [-0.25, -0.2) is 0 Å². The first-order valence-electron chi connectivity index (χ1n) is 36.4. The molecule has 3 N–H and O–H groups in total. The molecule has 2 unspecified atom stereocenters. The largest absolute Gasteiger partial charge is 0.466 e. The Hall–Kier alpha value is -2.18. The minimum Gasteiger partial charge on any atom is -0.466 e. The molecule has 1 amide bonds. The second kappa shape index (κ2) is 70.3. The Labute approximate surface area is 506 Å². The van der Waals surface area contributed by atoms with Crippen molar-refractivity contribution in [2.75, 3.05) is 13.2 Å². The van der Waals surface area contributed by atoms with E-state index < -0.39 is 12.1 Å². The van der Waals surface area contributed by atoms with Crippen LogP contribution in [0.5, 0.6) is 0 Å². The molecule has 6 nitrogen and oxygen atoms in total. The number of amides is 1. The quantitative estimate of drug-likeness (QED) is 0.0320. The molecule has 0 aromatic heterocycles. The maximum atomic E-state index is 12.5. The number of rotatable bonds is 68. The first-order chi connectivity index (χ1) is 40.0. The number of unbranched alkanes of at least 4 members (excludes halogenated alkanes) is 51. The molecule has 0 heterocycles. The van der Waals surface area contributed by atoms with Gasteiger partial charge in [0.1, 0.15) is 0 Å². The van der Waals surface area contributed by atoms with E-state index in [4.69, 9.17) is 4.74 Å². The predicted octanol–water partition coefficient (Wildman–Crippen LogP) is 23.6.